The second-order valence-corrected chi connectivity index (χ2v) is 7.76. The summed E-state index contributed by atoms with van der Waals surface area (Å²) in [5, 5.41) is 3.39. The molecule has 5 heteroatoms. The molecule has 0 atom stereocenters. The second-order valence-electron chi connectivity index (χ2n) is 7.76. The Balaban J connectivity index is 1.61. The topological polar surface area (TPSA) is 38.8 Å². The average molecular weight is 359 g/mol. The number of hydrogen-bond acceptors (Lipinski definition) is 4. The summed E-state index contributed by atoms with van der Waals surface area (Å²) in [6, 6.07) is 8.71. The maximum atomic E-state index is 13.1. The predicted octanol–water partition coefficient (Wildman–Crippen LogP) is 2.04. The maximum Gasteiger partial charge on any atom is 0.254 e. The summed E-state index contributed by atoms with van der Waals surface area (Å²) >= 11 is 0. The van der Waals surface area contributed by atoms with E-state index in [1.54, 1.807) is 0 Å². The molecule has 5 nitrogen and oxygen atoms in total. The summed E-state index contributed by atoms with van der Waals surface area (Å²) in [5.74, 6) is 0.199. The number of nitrogens with zero attached hydrogens (tertiary/aromatic N) is 3. The number of piperazine rings is 1. The van der Waals surface area contributed by atoms with Gasteiger partial charge in [-0.3, -0.25) is 9.69 Å². The van der Waals surface area contributed by atoms with Gasteiger partial charge < -0.3 is 15.1 Å². The van der Waals surface area contributed by atoms with E-state index in [9.17, 15) is 4.79 Å². The van der Waals surface area contributed by atoms with E-state index in [-0.39, 0.29) is 5.91 Å². The summed E-state index contributed by atoms with van der Waals surface area (Å²) in [4.78, 5) is 20.0. The molecule has 144 valence electrons. The fourth-order valence-corrected chi connectivity index (χ4v) is 3.99. The third-order valence-electron chi connectivity index (χ3n) is 5.68. The van der Waals surface area contributed by atoms with Gasteiger partial charge in [0.05, 0.1) is 0 Å². The van der Waals surface area contributed by atoms with Crippen molar-refractivity contribution in [2.24, 2.45) is 0 Å². The molecule has 0 saturated carbocycles. The molecule has 26 heavy (non-hydrogen) atoms. The van der Waals surface area contributed by atoms with Crippen molar-refractivity contribution in [1.29, 1.82) is 0 Å². The standard InChI is InChI=1S/C21H34N4O/c1-3-12-25(20-8-10-22-11-9-20)21(26)19-6-4-18(5-7-19)17-24-15-13-23(2)14-16-24/h4-7,20,22H,3,8-17H2,1-2H3. The molecule has 2 heterocycles. The number of carbonyl (C=O) groups is 1. The van der Waals surface area contributed by atoms with Crippen LogP contribution in [0.2, 0.25) is 0 Å². The van der Waals surface area contributed by atoms with E-state index in [4.69, 9.17) is 0 Å². The number of rotatable bonds is 6. The summed E-state index contributed by atoms with van der Waals surface area (Å²) < 4.78 is 0. The maximum absolute atomic E-state index is 13.1. The van der Waals surface area contributed by atoms with Gasteiger partial charge in [-0.05, 0) is 57.1 Å². The highest BCUT2D eigenvalue weighted by atomic mass is 16.2. The van der Waals surface area contributed by atoms with Gasteiger partial charge in [0.1, 0.15) is 0 Å². The van der Waals surface area contributed by atoms with Gasteiger partial charge in [-0.1, -0.05) is 19.1 Å². The van der Waals surface area contributed by atoms with Crippen LogP contribution in [-0.4, -0.2) is 79.5 Å². The molecular weight excluding hydrogens is 324 g/mol. The van der Waals surface area contributed by atoms with Crippen molar-refractivity contribution in [3.63, 3.8) is 0 Å². The van der Waals surface area contributed by atoms with Crippen molar-refractivity contribution in [2.75, 3.05) is 52.9 Å². The monoisotopic (exact) mass is 358 g/mol. The molecule has 2 fully saturated rings. The minimum Gasteiger partial charge on any atom is -0.336 e. The zero-order valence-corrected chi connectivity index (χ0v) is 16.4. The van der Waals surface area contributed by atoms with Gasteiger partial charge in [-0.25, -0.2) is 0 Å². The Kier molecular flexibility index (Phi) is 7.06. The highest BCUT2D eigenvalue weighted by Crippen LogP contribution is 2.17. The number of piperidine rings is 1. The molecule has 2 aliphatic heterocycles. The van der Waals surface area contributed by atoms with Crippen LogP contribution < -0.4 is 5.32 Å². The average Bonchev–Trinajstić information content (AvgIpc) is 2.69. The Bertz CT molecular complexity index is 560. The van der Waals surface area contributed by atoms with Crippen molar-refractivity contribution < 1.29 is 4.79 Å². The lowest BCUT2D eigenvalue weighted by molar-refractivity contribution is 0.0642. The van der Waals surface area contributed by atoms with Crippen molar-refractivity contribution in [3.8, 4) is 0 Å². The first-order chi connectivity index (χ1) is 12.7. The lowest BCUT2D eigenvalue weighted by Gasteiger charge is -2.35. The van der Waals surface area contributed by atoms with Crippen LogP contribution in [0.25, 0.3) is 0 Å². The molecule has 2 aliphatic rings. The molecule has 0 spiro atoms. The molecule has 2 saturated heterocycles. The fraction of sp³-hybridized carbons (Fsp3) is 0.667. The van der Waals surface area contributed by atoms with Gasteiger partial charge in [-0.15, -0.1) is 0 Å². The van der Waals surface area contributed by atoms with E-state index in [1.165, 1.54) is 5.56 Å². The summed E-state index contributed by atoms with van der Waals surface area (Å²) in [7, 11) is 2.18. The molecule has 0 bridgehead atoms. The first-order valence-corrected chi connectivity index (χ1v) is 10.2. The molecule has 0 aliphatic carbocycles. The van der Waals surface area contributed by atoms with E-state index in [0.717, 1.165) is 77.2 Å². The Labute approximate surface area is 158 Å². The molecule has 1 aromatic carbocycles. The number of likely N-dealkylation sites (N-methyl/N-ethyl adjacent to an activating group) is 1. The van der Waals surface area contributed by atoms with Crippen LogP contribution in [0.15, 0.2) is 24.3 Å². The largest absolute Gasteiger partial charge is 0.336 e. The summed E-state index contributed by atoms with van der Waals surface area (Å²) in [6.45, 7) is 10.5. The third-order valence-corrected chi connectivity index (χ3v) is 5.68. The number of carbonyl (C=O) groups excluding carboxylic acids is 1. The molecule has 1 aromatic rings. The first-order valence-electron chi connectivity index (χ1n) is 10.2. The van der Waals surface area contributed by atoms with Crippen LogP contribution in [0.3, 0.4) is 0 Å². The van der Waals surface area contributed by atoms with Gasteiger partial charge in [0, 0.05) is 50.9 Å². The van der Waals surface area contributed by atoms with Crippen molar-refractivity contribution in [2.45, 2.75) is 38.8 Å². The molecule has 1 amide bonds. The van der Waals surface area contributed by atoms with Crippen molar-refractivity contribution >= 4 is 5.91 Å². The predicted molar refractivity (Wildman–Crippen MR) is 106 cm³/mol. The SMILES string of the molecule is CCCN(C(=O)c1ccc(CN2CCN(C)CC2)cc1)C1CCNCC1. The van der Waals surface area contributed by atoms with Crippen LogP contribution in [0.5, 0.6) is 0 Å². The molecule has 0 aromatic heterocycles. The molecule has 0 unspecified atom stereocenters. The van der Waals surface area contributed by atoms with Gasteiger partial charge >= 0.3 is 0 Å². The summed E-state index contributed by atoms with van der Waals surface area (Å²) in [6.07, 6.45) is 3.14. The highest BCUT2D eigenvalue weighted by Gasteiger charge is 2.25. The Morgan fingerprint density at radius 3 is 2.38 bits per heavy atom. The molecule has 0 radical (unpaired) electrons. The number of amides is 1. The Morgan fingerprint density at radius 2 is 1.77 bits per heavy atom. The molecule has 3 rings (SSSR count). The smallest absolute Gasteiger partial charge is 0.254 e. The number of nitrogens with one attached hydrogen (secondary N) is 1. The Hall–Kier alpha value is -1.43. The molecule has 1 N–H and O–H groups in total. The van der Waals surface area contributed by atoms with Crippen LogP contribution in [0.1, 0.15) is 42.1 Å². The summed E-state index contributed by atoms with van der Waals surface area (Å²) in [5.41, 5.74) is 2.13. The lowest BCUT2D eigenvalue weighted by Crippen LogP contribution is -2.46. The minimum atomic E-state index is 0.199. The zero-order chi connectivity index (χ0) is 18.4. The second kappa shape index (κ2) is 9.49. The van der Waals surface area contributed by atoms with Crippen molar-refractivity contribution in [3.05, 3.63) is 35.4 Å². The quantitative estimate of drug-likeness (QED) is 0.845. The van der Waals surface area contributed by atoms with Crippen LogP contribution in [-0.2, 0) is 6.54 Å². The van der Waals surface area contributed by atoms with E-state index in [0.29, 0.717) is 6.04 Å². The number of benzene rings is 1. The van der Waals surface area contributed by atoms with Crippen LogP contribution >= 0.6 is 0 Å². The van der Waals surface area contributed by atoms with Crippen LogP contribution in [0, 0.1) is 0 Å². The van der Waals surface area contributed by atoms with Crippen molar-refractivity contribution in [1.82, 2.24) is 20.0 Å². The third kappa shape index (κ3) is 5.06. The van der Waals surface area contributed by atoms with Gasteiger partial charge in [0.2, 0.25) is 0 Å². The van der Waals surface area contributed by atoms with Crippen LogP contribution in [0.4, 0.5) is 0 Å². The van der Waals surface area contributed by atoms with E-state index < -0.39 is 0 Å². The highest BCUT2D eigenvalue weighted by molar-refractivity contribution is 5.94. The van der Waals surface area contributed by atoms with E-state index in [1.807, 2.05) is 12.1 Å². The normalized spacial score (nSPS) is 20.2. The number of hydrogen-bond donors (Lipinski definition) is 1. The van der Waals surface area contributed by atoms with E-state index in [2.05, 4.69) is 46.1 Å². The Morgan fingerprint density at radius 1 is 1.12 bits per heavy atom. The van der Waals surface area contributed by atoms with Gasteiger partial charge in [0.15, 0.2) is 0 Å². The zero-order valence-electron chi connectivity index (χ0n) is 16.4. The molecular formula is C21H34N4O. The fourth-order valence-electron chi connectivity index (χ4n) is 3.99. The van der Waals surface area contributed by atoms with Gasteiger partial charge in [-0.2, -0.15) is 0 Å². The van der Waals surface area contributed by atoms with Gasteiger partial charge in [0.25, 0.3) is 5.91 Å². The lowest BCUT2D eigenvalue weighted by atomic mass is 10.0. The van der Waals surface area contributed by atoms with E-state index >= 15 is 0 Å². The first kappa shape index (κ1) is 19.3. The minimum absolute atomic E-state index is 0.199.